The molecule has 5 rings (SSSR count). The van der Waals surface area contributed by atoms with E-state index in [9.17, 15) is 19.1 Å². The molecule has 0 radical (unpaired) electrons. The van der Waals surface area contributed by atoms with Crippen molar-refractivity contribution in [3.63, 3.8) is 0 Å². The second kappa shape index (κ2) is 6.52. The van der Waals surface area contributed by atoms with Crippen LogP contribution in [0, 0.1) is 18.7 Å². The van der Waals surface area contributed by atoms with Crippen molar-refractivity contribution in [3.8, 4) is 0 Å². The van der Waals surface area contributed by atoms with Crippen LogP contribution in [0.25, 0.3) is 10.9 Å². The predicted molar refractivity (Wildman–Crippen MR) is 105 cm³/mol. The van der Waals surface area contributed by atoms with Gasteiger partial charge in [0.1, 0.15) is 17.6 Å². The van der Waals surface area contributed by atoms with Crippen LogP contribution in [-0.4, -0.2) is 47.5 Å². The lowest BCUT2D eigenvalue weighted by Crippen LogP contribution is -2.40. The summed E-state index contributed by atoms with van der Waals surface area (Å²) in [6.07, 6.45) is 2.60. The molecule has 29 heavy (non-hydrogen) atoms. The molecule has 3 heterocycles. The van der Waals surface area contributed by atoms with E-state index in [-0.39, 0.29) is 11.8 Å². The number of alkyl halides is 1. The lowest BCUT2D eigenvalue weighted by molar-refractivity contribution is 0.0694. The summed E-state index contributed by atoms with van der Waals surface area (Å²) in [5, 5.41) is 12.9. The van der Waals surface area contributed by atoms with E-state index >= 15 is 4.39 Å². The van der Waals surface area contributed by atoms with Gasteiger partial charge in [0.25, 0.3) is 0 Å². The Balaban J connectivity index is 1.70. The summed E-state index contributed by atoms with van der Waals surface area (Å²) in [6, 6.07) is 0.929. The molecule has 1 saturated carbocycles. The van der Waals surface area contributed by atoms with Gasteiger partial charge >= 0.3 is 5.97 Å². The predicted octanol–water partition coefficient (Wildman–Crippen LogP) is 2.62. The fourth-order valence-corrected chi connectivity index (χ4v) is 5.14. The summed E-state index contributed by atoms with van der Waals surface area (Å²) in [7, 11) is 0. The van der Waals surface area contributed by atoms with Gasteiger partial charge in [0.15, 0.2) is 0 Å². The average molecular weight is 403 g/mol. The number of benzene rings is 1. The molecule has 2 aromatic rings. The molecule has 2 N–H and O–H groups in total. The molecule has 1 aromatic carbocycles. The highest BCUT2D eigenvalue weighted by Crippen LogP contribution is 2.43. The molecule has 2 unspecified atom stereocenters. The van der Waals surface area contributed by atoms with Crippen LogP contribution in [0.1, 0.15) is 41.2 Å². The number of fused-ring (bicyclic) bond motifs is 2. The number of aryl methyl sites for hydroxylation is 1. The van der Waals surface area contributed by atoms with Gasteiger partial charge in [0.05, 0.1) is 17.2 Å². The minimum absolute atomic E-state index is 0.00233. The van der Waals surface area contributed by atoms with Crippen molar-refractivity contribution in [3.05, 3.63) is 39.4 Å². The highest BCUT2D eigenvalue weighted by atomic mass is 19.1. The van der Waals surface area contributed by atoms with Gasteiger partial charge in [0.2, 0.25) is 5.43 Å². The van der Waals surface area contributed by atoms with Gasteiger partial charge in [-0.05, 0) is 43.9 Å². The molecule has 2 saturated heterocycles. The van der Waals surface area contributed by atoms with E-state index in [1.54, 1.807) is 6.92 Å². The zero-order valence-electron chi connectivity index (χ0n) is 16.1. The van der Waals surface area contributed by atoms with Crippen molar-refractivity contribution in [2.45, 2.75) is 44.4 Å². The van der Waals surface area contributed by atoms with Crippen molar-refractivity contribution in [2.75, 3.05) is 24.5 Å². The van der Waals surface area contributed by atoms with Crippen LogP contribution in [0.15, 0.2) is 17.1 Å². The Bertz CT molecular complexity index is 1070. The maximum atomic E-state index is 15.2. The van der Waals surface area contributed by atoms with Crippen LogP contribution in [0.3, 0.4) is 0 Å². The standard InChI is InChI=1S/C21H23F2N3O3/c1-10-18-12(20(27)13(21(28)29)8-26(18)17-6-14(17)22)5-15(23)19(10)25-7-11-3-2-4-24-16(11)9-25/h5,8,11,14,16-17,24H,2-4,6-7,9H2,1H3,(H,28,29)/t11?,14-,16?,17+/m0/s1. The van der Waals surface area contributed by atoms with E-state index in [2.05, 4.69) is 5.32 Å². The Kier molecular flexibility index (Phi) is 4.17. The number of anilines is 1. The molecule has 3 fully saturated rings. The number of halogens is 2. The number of pyridine rings is 1. The van der Waals surface area contributed by atoms with Crippen LogP contribution in [0.5, 0.6) is 0 Å². The number of nitrogens with one attached hydrogen (secondary N) is 1. The number of carboxylic acid groups (broad SMARTS) is 1. The summed E-state index contributed by atoms with van der Waals surface area (Å²) in [4.78, 5) is 26.2. The summed E-state index contributed by atoms with van der Waals surface area (Å²) in [6.45, 7) is 4.11. The number of aromatic nitrogens is 1. The van der Waals surface area contributed by atoms with Gasteiger partial charge in [-0.2, -0.15) is 0 Å². The summed E-state index contributed by atoms with van der Waals surface area (Å²) in [5.41, 5.74) is 0.238. The van der Waals surface area contributed by atoms with Crippen LogP contribution in [-0.2, 0) is 0 Å². The van der Waals surface area contributed by atoms with Crippen molar-refractivity contribution in [2.24, 2.45) is 5.92 Å². The van der Waals surface area contributed by atoms with Gasteiger partial charge < -0.3 is 19.9 Å². The first-order valence-corrected chi connectivity index (χ1v) is 10.1. The van der Waals surface area contributed by atoms with E-state index in [1.807, 2.05) is 4.90 Å². The fraction of sp³-hybridized carbons (Fsp3) is 0.524. The SMILES string of the molecule is Cc1c(N2CC3CCCNC3C2)c(F)cc2c(=O)c(C(=O)O)cn([C@@H]3C[C@@H]3F)c12. The number of carbonyl (C=O) groups is 1. The van der Waals surface area contributed by atoms with Gasteiger partial charge in [0, 0.05) is 37.1 Å². The molecule has 1 aromatic heterocycles. The average Bonchev–Trinajstić information content (AvgIpc) is 3.24. The zero-order valence-corrected chi connectivity index (χ0v) is 16.1. The number of hydrogen-bond donors (Lipinski definition) is 2. The third kappa shape index (κ3) is 2.84. The van der Waals surface area contributed by atoms with Crippen molar-refractivity contribution < 1.29 is 18.7 Å². The number of hydrogen-bond acceptors (Lipinski definition) is 4. The normalized spacial score (nSPS) is 28.6. The Morgan fingerprint density at radius 1 is 1.34 bits per heavy atom. The largest absolute Gasteiger partial charge is 0.477 e. The molecule has 1 aliphatic carbocycles. The van der Waals surface area contributed by atoms with Crippen LogP contribution < -0.4 is 15.6 Å². The van der Waals surface area contributed by atoms with E-state index in [0.29, 0.717) is 35.3 Å². The second-order valence-corrected chi connectivity index (χ2v) is 8.50. The molecule has 3 aliphatic rings. The van der Waals surface area contributed by atoms with Crippen molar-refractivity contribution in [1.29, 1.82) is 0 Å². The molecule has 0 bridgehead atoms. The zero-order chi connectivity index (χ0) is 20.4. The maximum absolute atomic E-state index is 15.2. The first kappa shape index (κ1) is 18.5. The van der Waals surface area contributed by atoms with Crippen LogP contribution in [0.2, 0.25) is 0 Å². The second-order valence-electron chi connectivity index (χ2n) is 8.50. The molecular formula is C21H23F2N3O3. The molecule has 2 aliphatic heterocycles. The smallest absolute Gasteiger partial charge is 0.341 e. The Hall–Kier alpha value is -2.48. The lowest BCUT2D eigenvalue weighted by Gasteiger charge is -2.24. The topological polar surface area (TPSA) is 74.6 Å². The summed E-state index contributed by atoms with van der Waals surface area (Å²) in [5.74, 6) is -1.47. The van der Waals surface area contributed by atoms with E-state index in [1.165, 1.54) is 10.8 Å². The highest BCUT2D eigenvalue weighted by molar-refractivity contribution is 5.95. The van der Waals surface area contributed by atoms with Gasteiger partial charge in [-0.3, -0.25) is 4.79 Å². The first-order valence-electron chi connectivity index (χ1n) is 10.1. The minimum Gasteiger partial charge on any atom is -0.477 e. The van der Waals surface area contributed by atoms with E-state index in [0.717, 1.165) is 32.0 Å². The molecule has 6 nitrogen and oxygen atoms in total. The Morgan fingerprint density at radius 2 is 2.10 bits per heavy atom. The van der Waals surface area contributed by atoms with Gasteiger partial charge in [-0.15, -0.1) is 0 Å². The minimum atomic E-state index is -1.39. The quantitative estimate of drug-likeness (QED) is 0.824. The highest BCUT2D eigenvalue weighted by Gasteiger charge is 2.41. The van der Waals surface area contributed by atoms with Gasteiger partial charge in [-0.1, -0.05) is 0 Å². The number of piperidine rings is 1. The van der Waals surface area contributed by atoms with E-state index < -0.39 is 35.0 Å². The third-order valence-electron chi connectivity index (χ3n) is 6.66. The summed E-state index contributed by atoms with van der Waals surface area (Å²) < 4.78 is 30.6. The monoisotopic (exact) mass is 403 g/mol. The maximum Gasteiger partial charge on any atom is 0.341 e. The van der Waals surface area contributed by atoms with Gasteiger partial charge in [-0.25, -0.2) is 13.6 Å². The summed E-state index contributed by atoms with van der Waals surface area (Å²) >= 11 is 0. The Labute approximate surface area is 166 Å². The van der Waals surface area contributed by atoms with Crippen molar-refractivity contribution in [1.82, 2.24) is 9.88 Å². The number of rotatable bonds is 3. The molecule has 0 spiro atoms. The van der Waals surface area contributed by atoms with E-state index in [4.69, 9.17) is 0 Å². The number of nitrogens with zero attached hydrogens (tertiary/aromatic N) is 2. The third-order valence-corrected chi connectivity index (χ3v) is 6.66. The molecule has 8 heteroatoms. The molecule has 4 atom stereocenters. The van der Waals surface area contributed by atoms with Crippen molar-refractivity contribution >= 4 is 22.6 Å². The molecule has 0 amide bonds. The molecule has 154 valence electrons. The van der Waals surface area contributed by atoms with Crippen LogP contribution >= 0.6 is 0 Å². The number of carboxylic acids is 1. The Morgan fingerprint density at radius 3 is 2.76 bits per heavy atom. The number of aromatic carboxylic acids is 1. The fourth-order valence-electron chi connectivity index (χ4n) is 5.14. The van der Waals surface area contributed by atoms with Crippen LogP contribution in [0.4, 0.5) is 14.5 Å². The molecular weight excluding hydrogens is 380 g/mol. The first-order chi connectivity index (χ1) is 13.9. The lowest BCUT2D eigenvalue weighted by atomic mass is 9.94.